The van der Waals surface area contributed by atoms with Gasteiger partial charge in [-0.15, -0.1) is 0 Å². The fraction of sp³-hybridized carbons (Fsp3) is 0.458. The highest BCUT2D eigenvalue weighted by molar-refractivity contribution is 5.89. The molecule has 2 fully saturated rings. The van der Waals surface area contributed by atoms with Crippen LogP contribution >= 0.6 is 0 Å². The van der Waals surface area contributed by atoms with Crippen LogP contribution in [0.5, 0.6) is 0 Å². The number of morpholine rings is 2. The third-order valence-electron chi connectivity index (χ3n) is 5.89. The molecule has 0 aromatic carbocycles. The van der Waals surface area contributed by atoms with Crippen molar-refractivity contribution in [3.8, 4) is 0 Å². The summed E-state index contributed by atoms with van der Waals surface area (Å²) >= 11 is 0. The SMILES string of the molecule is C=C/C=C(N)\C=C(/C)c1ccc2c(N3CCOC[C@@H]3C)nc(N3CCOC[C@@H]3C)nc2n1. The second-order valence-electron chi connectivity index (χ2n) is 8.38. The van der Waals surface area contributed by atoms with Gasteiger partial charge in [-0.25, -0.2) is 4.98 Å². The average Bonchev–Trinajstić information content (AvgIpc) is 2.79. The summed E-state index contributed by atoms with van der Waals surface area (Å²) in [4.78, 5) is 19.3. The van der Waals surface area contributed by atoms with Crippen molar-refractivity contribution >= 4 is 28.4 Å². The minimum Gasteiger partial charge on any atom is -0.399 e. The standard InChI is InChI=1S/C24H32N6O2/c1-5-6-19(25)13-16(2)21-8-7-20-22(26-21)27-24(30-10-12-32-15-18(30)4)28-23(20)29-9-11-31-14-17(29)3/h5-8,13,17-18H,1,9-12,14-15,25H2,2-4H3/b16-13+,19-6+/t17-,18-/m0/s1. The normalized spacial score (nSPS) is 23.0. The van der Waals surface area contributed by atoms with E-state index in [2.05, 4.69) is 36.3 Å². The smallest absolute Gasteiger partial charge is 0.229 e. The second-order valence-corrected chi connectivity index (χ2v) is 8.38. The summed E-state index contributed by atoms with van der Waals surface area (Å²) in [5.41, 5.74) is 9.14. The molecule has 170 valence electrons. The highest BCUT2D eigenvalue weighted by Gasteiger charge is 2.27. The quantitative estimate of drug-likeness (QED) is 0.716. The zero-order valence-corrected chi connectivity index (χ0v) is 19.1. The molecular weight excluding hydrogens is 404 g/mol. The van der Waals surface area contributed by atoms with Crippen molar-refractivity contribution in [2.45, 2.75) is 32.9 Å². The number of fused-ring (bicyclic) bond motifs is 1. The number of hydrogen-bond acceptors (Lipinski definition) is 8. The van der Waals surface area contributed by atoms with E-state index in [1.54, 1.807) is 12.2 Å². The Labute approximate surface area is 189 Å². The molecule has 4 heterocycles. The van der Waals surface area contributed by atoms with Gasteiger partial charge in [0.1, 0.15) is 5.82 Å². The monoisotopic (exact) mass is 436 g/mol. The third kappa shape index (κ3) is 4.61. The molecule has 2 saturated heterocycles. The van der Waals surface area contributed by atoms with E-state index in [1.165, 1.54) is 0 Å². The topological polar surface area (TPSA) is 89.6 Å². The van der Waals surface area contributed by atoms with Crippen LogP contribution in [0.4, 0.5) is 11.8 Å². The summed E-state index contributed by atoms with van der Waals surface area (Å²) in [6, 6.07) is 4.49. The van der Waals surface area contributed by atoms with Gasteiger partial charge in [0, 0.05) is 18.8 Å². The lowest BCUT2D eigenvalue weighted by atomic mass is 10.1. The molecule has 2 N–H and O–H groups in total. The number of aromatic nitrogens is 3. The van der Waals surface area contributed by atoms with Gasteiger partial charge in [-0.05, 0) is 50.6 Å². The summed E-state index contributed by atoms with van der Waals surface area (Å²) in [6.07, 6.45) is 5.33. The zero-order valence-electron chi connectivity index (χ0n) is 19.1. The molecule has 0 bridgehead atoms. The van der Waals surface area contributed by atoms with Crippen LogP contribution in [0.15, 0.2) is 42.6 Å². The number of nitrogens with two attached hydrogens (primary N) is 1. The predicted octanol–water partition coefficient (Wildman–Crippen LogP) is 2.91. The van der Waals surface area contributed by atoms with Crippen LogP contribution in [0.3, 0.4) is 0 Å². The van der Waals surface area contributed by atoms with Gasteiger partial charge in [-0.3, -0.25) is 0 Å². The molecule has 2 aromatic rings. The maximum atomic E-state index is 6.03. The number of nitrogens with zero attached hydrogens (tertiary/aromatic N) is 5. The van der Waals surface area contributed by atoms with Crippen LogP contribution in [0.2, 0.25) is 0 Å². The summed E-state index contributed by atoms with van der Waals surface area (Å²) in [7, 11) is 0. The minimum absolute atomic E-state index is 0.199. The van der Waals surface area contributed by atoms with Crippen molar-refractivity contribution in [2.24, 2.45) is 5.73 Å². The van der Waals surface area contributed by atoms with Crippen molar-refractivity contribution < 1.29 is 9.47 Å². The molecule has 2 aliphatic rings. The molecule has 4 rings (SSSR count). The number of allylic oxidation sites excluding steroid dienone is 4. The average molecular weight is 437 g/mol. The van der Waals surface area contributed by atoms with Crippen LogP contribution in [0.1, 0.15) is 26.5 Å². The Kier molecular flexibility index (Phi) is 6.72. The Morgan fingerprint density at radius 2 is 1.75 bits per heavy atom. The predicted molar refractivity (Wildman–Crippen MR) is 129 cm³/mol. The largest absolute Gasteiger partial charge is 0.399 e. The summed E-state index contributed by atoms with van der Waals surface area (Å²) < 4.78 is 11.3. The molecule has 0 aliphatic carbocycles. The first-order valence-corrected chi connectivity index (χ1v) is 11.1. The van der Waals surface area contributed by atoms with E-state index < -0.39 is 0 Å². The first-order chi connectivity index (χ1) is 15.5. The Morgan fingerprint density at radius 1 is 1.06 bits per heavy atom. The fourth-order valence-electron chi connectivity index (χ4n) is 4.12. The Bertz CT molecular complexity index is 1050. The van der Waals surface area contributed by atoms with Gasteiger partial charge >= 0.3 is 0 Å². The van der Waals surface area contributed by atoms with Crippen molar-refractivity contribution in [1.82, 2.24) is 15.0 Å². The molecule has 2 atom stereocenters. The van der Waals surface area contributed by atoms with Crippen LogP contribution in [0, 0.1) is 0 Å². The minimum atomic E-state index is 0.199. The highest BCUT2D eigenvalue weighted by atomic mass is 16.5. The van der Waals surface area contributed by atoms with Crippen LogP contribution in [-0.2, 0) is 9.47 Å². The number of anilines is 2. The molecule has 0 spiro atoms. The number of rotatable bonds is 5. The van der Waals surface area contributed by atoms with Crippen LogP contribution < -0.4 is 15.5 Å². The van der Waals surface area contributed by atoms with Crippen LogP contribution in [-0.4, -0.2) is 66.6 Å². The molecular formula is C24H32N6O2. The molecule has 0 saturated carbocycles. The highest BCUT2D eigenvalue weighted by Crippen LogP contribution is 2.30. The molecule has 2 aromatic heterocycles. The molecule has 2 aliphatic heterocycles. The number of hydrogen-bond donors (Lipinski definition) is 1. The summed E-state index contributed by atoms with van der Waals surface area (Å²) in [5, 5.41) is 0.939. The van der Waals surface area contributed by atoms with Crippen LogP contribution in [0.25, 0.3) is 16.6 Å². The number of pyridine rings is 1. The lowest BCUT2D eigenvalue weighted by molar-refractivity contribution is 0.0973. The second kappa shape index (κ2) is 9.67. The lowest BCUT2D eigenvalue weighted by Gasteiger charge is -2.37. The molecule has 32 heavy (non-hydrogen) atoms. The van der Waals surface area contributed by atoms with Gasteiger partial charge in [-0.2, -0.15) is 9.97 Å². The third-order valence-corrected chi connectivity index (χ3v) is 5.89. The van der Waals surface area contributed by atoms with E-state index >= 15 is 0 Å². The van der Waals surface area contributed by atoms with E-state index in [0.717, 1.165) is 35.6 Å². The van der Waals surface area contributed by atoms with Gasteiger partial charge in [-0.1, -0.05) is 12.7 Å². The molecule has 0 amide bonds. The van der Waals surface area contributed by atoms with Crippen molar-refractivity contribution in [3.05, 3.63) is 48.3 Å². The Balaban J connectivity index is 1.83. The fourth-order valence-corrected chi connectivity index (χ4v) is 4.12. The van der Waals surface area contributed by atoms with Gasteiger partial charge in [0.2, 0.25) is 5.95 Å². The molecule has 0 radical (unpaired) electrons. The Morgan fingerprint density at radius 3 is 2.41 bits per heavy atom. The van der Waals surface area contributed by atoms with E-state index in [0.29, 0.717) is 43.7 Å². The van der Waals surface area contributed by atoms with E-state index in [-0.39, 0.29) is 12.1 Å². The summed E-state index contributed by atoms with van der Waals surface area (Å²) in [5.74, 6) is 1.60. The summed E-state index contributed by atoms with van der Waals surface area (Å²) in [6.45, 7) is 14.2. The van der Waals surface area contributed by atoms with Crippen molar-refractivity contribution in [2.75, 3.05) is 49.3 Å². The zero-order chi connectivity index (χ0) is 22.7. The van der Waals surface area contributed by atoms with Gasteiger partial charge in [0.05, 0.1) is 49.6 Å². The van der Waals surface area contributed by atoms with Crippen molar-refractivity contribution in [1.29, 1.82) is 0 Å². The van der Waals surface area contributed by atoms with Gasteiger partial charge < -0.3 is 25.0 Å². The van der Waals surface area contributed by atoms with Crippen molar-refractivity contribution in [3.63, 3.8) is 0 Å². The molecule has 0 unspecified atom stereocenters. The molecule has 8 heteroatoms. The van der Waals surface area contributed by atoms with E-state index in [9.17, 15) is 0 Å². The lowest BCUT2D eigenvalue weighted by Crippen LogP contribution is -2.46. The maximum Gasteiger partial charge on any atom is 0.229 e. The Hall–Kier alpha value is -2.97. The number of ether oxygens (including phenoxy) is 2. The van der Waals surface area contributed by atoms with Gasteiger partial charge in [0.15, 0.2) is 5.65 Å². The van der Waals surface area contributed by atoms with Gasteiger partial charge in [0.25, 0.3) is 0 Å². The maximum absolute atomic E-state index is 6.03. The van der Waals surface area contributed by atoms with E-state index in [4.69, 9.17) is 30.2 Å². The van der Waals surface area contributed by atoms with E-state index in [1.807, 2.05) is 19.1 Å². The molecule has 8 nitrogen and oxygen atoms in total. The first-order valence-electron chi connectivity index (χ1n) is 11.1. The first kappa shape index (κ1) is 22.2.